The molecule has 0 aliphatic heterocycles. The van der Waals surface area contributed by atoms with Crippen molar-refractivity contribution in [3.63, 3.8) is 0 Å². The van der Waals surface area contributed by atoms with Crippen LogP contribution < -0.4 is 14.8 Å². The first-order valence-electron chi connectivity index (χ1n) is 8.23. The highest BCUT2D eigenvalue weighted by molar-refractivity contribution is 7.99. The van der Waals surface area contributed by atoms with Gasteiger partial charge < -0.3 is 19.2 Å². The summed E-state index contributed by atoms with van der Waals surface area (Å²) < 4.78 is 15.8. The summed E-state index contributed by atoms with van der Waals surface area (Å²) in [7, 11) is 3.23. The van der Waals surface area contributed by atoms with Crippen LogP contribution in [-0.4, -0.2) is 30.9 Å². The first-order chi connectivity index (χ1) is 13.2. The maximum Gasteiger partial charge on any atom is 0.230 e. The van der Waals surface area contributed by atoms with Crippen molar-refractivity contribution < 1.29 is 18.7 Å². The second-order valence-corrected chi connectivity index (χ2v) is 7.41. The molecule has 0 spiro atoms. The van der Waals surface area contributed by atoms with E-state index in [0.717, 1.165) is 22.0 Å². The van der Waals surface area contributed by atoms with E-state index in [1.165, 1.54) is 11.8 Å². The van der Waals surface area contributed by atoms with Crippen molar-refractivity contribution >= 4 is 29.0 Å². The molecule has 1 amide bonds. The lowest BCUT2D eigenvalue weighted by Gasteiger charge is -2.08. The SMILES string of the molecule is COc1ccc(-c2nc(CSCC(=O)NCc3ccco3)cs2)cc1OC. The van der Waals surface area contributed by atoms with Crippen LogP contribution in [0.5, 0.6) is 11.5 Å². The summed E-state index contributed by atoms with van der Waals surface area (Å²) >= 11 is 3.10. The van der Waals surface area contributed by atoms with Crippen molar-refractivity contribution in [2.45, 2.75) is 12.3 Å². The van der Waals surface area contributed by atoms with Crippen LogP contribution in [0, 0.1) is 0 Å². The Balaban J connectivity index is 1.50. The van der Waals surface area contributed by atoms with E-state index >= 15 is 0 Å². The van der Waals surface area contributed by atoms with E-state index in [9.17, 15) is 4.79 Å². The third-order valence-electron chi connectivity index (χ3n) is 3.71. The average molecular weight is 405 g/mol. The number of carbonyl (C=O) groups excluding carboxylic acids is 1. The maximum absolute atomic E-state index is 11.9. The summed E-state index contributed by atoms with van der Waals surface area (Å²) in [5, 5.41) is 5.75. The molecule has 3 aromatic rings. The standard InChI is InChI=1S/C19H20N2O4S2/c1-23-16-6-5-13(8-17(16)24-2)19-21-14(11-27-19)10-26-12-18(22)20-9-15-4-3-7-25-15/h3-8,11H,9-10,12H2,1-2H3,(H,20,22). The minimum absolute atomic E-state index is 0.0215. The number of rotatable bonds is 9. The molecule has 2 aromatic heterocycles. The second kappa shape index (κ2) is 9.48. The van der Waals surface area contributed by atoms with Crippen LogP contribution in [0.2, 0.25) is 0 Å². The van der Waals surface area contributed by atoms with Crippen molar-refractivity contribution in [1.82, 2.24) is 10.3 Å². The number of amides is 1. The van der Waals surface area contributed by atoms with E-state index < -0.39 is 0 Å². The largest absolute Gasteiger partial charge is 0.493 e. The van der Waals surface area contributed by atoms with Gasteiger partial charge in [0.25, 0.3) is 0 Å². The zero-order chi connectivity index (χ0) is 19.1. The van der Waals surface area contributed by atoms with Gasteiger partial charge in [-0.3, -0.25) is 4.79 Å². The molecule has 0 aliphatic rings. The lowest BCUT2D eigenvalue weighted by molar-refractivity contribution is -0.118. The van der Waals surface area contributed by atoms with Gasteiger partial charge in [0.15, 0.2) is 11.5 Å². The summed E-state index contributed by atoms with van der Waals surface area (Å²) in [5.41, 5.74) is 1.93. The molecule has 0 radical (unpaired) electrons. The summed E-state index contributed by atoms with van der Waals surface area (Å²) in [6.45, 7) is 0.409. The average Bonchev–Trinajstić information content (AvgIpc) is 3.38. The Kier molecular flexibility index (Phi) is 6.78. The molecule has 0 bridgehead atoms. The van der Waals surface area contributed by atoms with Gasteiger partial charge in [-0.1, -0.05) is 0 Å². The Morgan fingerprint density at radius 3 is 2.85 bits per heavy atom. The quantitative estimate of drug-likeness (QED) is 0.582. The monoisotopic (exact) mass is 404 g/mol. The Labute approximate surface area is 165 Å². The predicted molar refractivity (Wildman–Crippen MR) is 107 cm³/mol. The van der Waals surface area contributed by atoms with E-state index in [-0.39, 0.29) is 5.91 Å². The smallest absolute Gasteiger partial charge is 0.230 e. The van der Waals surface area contributed by atoms with Gasteiger partial charge in [0.1, 0.15) is 10.8 Å². The number of aromatic nitrogens is 1. The molecule has 0 saturated heterocycles. The van der Waals surface area contributed by atoms with Crippen molar-refractivity contribution in [2.75, 3.05) is 20.0 Å². The summed E-state index contributed by atoms with van der Waals surface area (Å²) in [4.78, 5) is 16.5. The van der Waals surface area contributed by atoms with Crippen LogP contribution in [0.1, 0.15) is 11.5 Å². The molecule has 27 heavy (non-hydrogen) atoms. The minimum atomic E-state index is -0.0215. The van der Waals surface area contributed by atoms with Gasteiger partial charge in [0.2, 0.25) is 5.91 Å². The fourth-order valence-corrected chi connectivity index (χ4v) is 4.04. The Hall–Kier alpha value is -2.45. The van der Waals surface area contributed by atoms with Gasteiger partial charge >= 0.3 is 0 Å². The van der Waals surface area contributed by atoms with E-state index in [2.05, 4.69) is 10.3 Å². The predicted octanol–water partition coefficient (Wildman–Crippen LogP) is 3.97. The number of nitrogens with one attached hydrogen (secondary N) is 1. The van der Waals surface area contributed by atoms with E-state index in [1.54, 1.807) is 37.9 Å². The zero-order valence-electron chi connectivity index (χ0n) is 15.1. The van der Waals surface area contributed by atoms with Gasteiger partial charge in [-0.25, -0.2) is 4.98 Å². The van der Waals surface area contributed by atoms with Crippen molar-refractivity contribution in [1.29, 1.82) is 0 Å². The fourth-order valence-electron chi connectivity index (χ4n) is 2.37. The molecular formula is C19H20N2O4S2. The summed E-state index contributed by atoms with van der Waals surface area (Å²) in [6, 6.07) is 9.37. The number of thioether (sulfide) groups is 1. The molecule has 0 unspecified atom stereocenters. The molecule has 0 atom stereocenters. The second-order valence-electron chi connectivity index (χ2n) is 5.56. The summed E-state index contributed by atoms with van der Waals surface area (Å²) in [5.74, 6) is 3.14. The number of furan rings is 1. The van der Waals surface area contributed by atoms with Crippen LogP contribution >= 0.6 is 23.1 Å². The molecule has 1 N–H and O–H groups in total. The number of thiazole rings is 1. The first-order valence-corrected chi connectivity index (χ1v) is 10.3. The number of nitrogens with zero attached hydrogens (tertiary/aromatic N) is 1. The molecule has 0 saturated carbocycles. The minimum Gasteiger partial charge on any atom is -0.493 e. The number of ether oxygens (including phenoxy) is 2. The number of benzene rings is 1. The van der Waals surface area contributed by atoms with Crippen LogP contribution in [0.25, 0.3) is 10.6 Å². The lowest BCUT2D eigenvalue weighted by atomic mass is 10.2. The van der Waals surface area contributed by atoms with Crippen LogP contribution in [0.4, 0.5) is 0 Å². The number of methoxy groups -OCH3 is 2. The van der Waals surface area contributed by atoms with E-state index in [1.807, 2.05) is 29.6 Å². The van der Waals surface area contributed by atoms with Crippen molar-refractivity contribution in [2.24, 2.45) is 0 Å². The Bertz CT molecular complexity index is 878. The van der Waals surface area contributed by atoms with Crippen LogP contribution in [-0.2, 0) is 17.1 Å². The van der Waals surface area contributed by atoms with Gasteiger partial charge in [-0.2, -0.15) is 0 Å². The molecule has 0 fully saturated rings. The van der Waals surface area contributed by atoms with Gasteiger partial charge in [0, 0.05) is 16.7 Å². The van der Waals surface area contributed by atoms with Crippen molar-refractivity contribution in [3.05, 3.63) is 53.4 Å². The molecule has 142 valence electrons. The third kappa shape index (κ3) is 5.27. The van der Waals surface area contributed by atoms with Gasteiger partial charge in [0.05, 0.1) is 38.5 Å². The highest BCUT2D eigenvalue weighted by Crippen LogP contribution is 2.33. The molecule has 0 aliphatic carbocycles. The number of hydrogen-bond acceptors (Lipinski definition) is 7. The fraction of sp³-hybridized carbons (Fsp3) is 0.263. The molecular weight excluding hydrogens is 384 g/mol. The number of carbonyl (C=O) groups is 1. The molecule has 8 heteroatoms. The van der Waals surface area contributed by atoms with Gasteiger partial charge in [-0.15, -0.1) is 23.1 Å². The Morgan fingerprint density at radius 1 is 1.26 bits per heavy atom. The Morgan fingerprint density at radius 2 is 2.11 bits per heavy atom. The molecule has 2 heterocycles. The highest BCUT2D eigenvalue weighted by Gasteiger charge is 2.10. The molecule has 6 nitrogen and oxygen atoms in total. The van der Waals surface area contributed by atoms with E-state index in [0.29, 0.717) is 29.5 Å². The summed E-state index contributed by atoms with van der Waals surface area (Å²) in [6.07, 6.45) is 1.59. The highest BCUT2D eigenvalue weighted by atomic mass is 32.2. The zero-order valence-corrected chi connectivity index (χ0v) is 16.7. The van der Waals surface area contributed by atoms with Crippen molar-refractivity contribution in [3.8, 4) is 22.1 Å². The molecule has 3 rings (SSSR count). The van der Waals surface area contributed by atoms with Gasteiger partial charge in [-0.05, 0) is 30.3 Å². The normalized spacial score (nSPS) is 10.6. The first kappa shape index (κ1) is 19.3. The molecule has 1 aromatic carbocycles. The van der Waals surface area contributed by atoms with Crippen LogP contribution in [0.3, 0.4) is 0 Å². The lowest BCUT2D eigenvalue weighted by Crippen LogP contribution is -2.24. The maximum atomic E-state index is 11.9. The third-order valence-corrected chi connectivity index (χ3v) is 5.61. The van der Waals surface area contributed by atoms with E-state index in [4.69, 9.17) is 13.9 Å². The van der Waals surface area contributed by atoms with Crippen LogP contribution in [0.15, 0.2) is 46.4 Å². The topological polar surface area (TPSA) is 73.6 Å². The number of hydrogen-bond donors (Lipinski definition) is 1.